The van der Waals surface area contributed by atoms with Gasteiger partial charge in [0, 0.05) is 5.56 Å². The molecule has 96 valence electrons. The Morgan fingerprint density at radius 2 is 1.94 bits per heavy atom. The molecule has 0 fully saturated rings. The van der Waals surface area contributed by atoms with Crippen molar-refractivity contribution in [3.63, 3.8) is 0 Å². The third-order valence-corrected chi connectivity index (χ3v) is 3.16. The molecule has 1 aromatic carbocycles. The molecule has 17 heavy (non-hydrogen) atoms. The van der Waals surface area contributed by atoms with E-state index in [9.17, 15) is 0 Å². The minimum Gasteiger partial charge on any atom is -0.496 e. The third kappa shape index (κ3) is 3.47. The molecule has 0 unspecified atom stereocenters. The first kappa shape index (κ1) is 14.0. The first-order chi connectivity index (χ1) is 8.11. The first-order valence-corrected chi connectivity index (χ1v) is 6.48. The van der Waals surface area contributed by atoms with Gasteiger partial charge in [-0.25, -0.2) is 0 Å². The molecular formula is C15H25NO. The Balaban J connectivity index is 3.03. The highest BCUT2D eigenvalue weighted by atomic mass is 16.5. The van der Waals surface area contributed by atoms with E-state index in [1.54, 1.807) is 7.11 Å². The van der Waals surface area contributed by atoms with Gasteiger partial charge in [-0.05, 0) is 49.8 Å². The van der Waals surface area contributed by atoms with Crippen LogP contribution in [0.4, 0.5) is 0 Å². The highest BCUT2D eigenvalue weighted by Crippen LogP contribution is 2.33. The molecule has 2 nitrogen and oxygen atoms in total. The molecule has 0 bridgehead atoms. The zero-order chi connectivity index (χ0) is 12.8. The largest absolute Gasteiger partial charge is 0.496 e. The maximum atomic E-state index is 5.56. The smallest absolute Gasteiger partial charge is 0.125 e. The molecular weight excluding hydrogens is 210 g/mol. The zero-order valence-corrected chi connectivity index (χ0v) is 11.5. The summed E-state index contributed by atoms with van der Waals surface area (Å²) in [4.78, 5) is 0. The van der Waals surface area contributed by atoms with Crippen molar-refractivity contribution < 1.29 is 4.74 Å². The number of nitrogens with two attached hydrogens (primary N) is 1. The lowest BCUT2D eigenvalue weighted by molar-refractivity contribution is 0.403. The van der Waals surface area contributed by atoms with Gasteiger partial charge in [-0.3, -0.25) is 0 Å². The van der Waals surface area contributed by atoms with Crippen molar-refractivity contribution >= 4 is 0 Å². The lowest BCUT2D eigenvalue weighted by atomic mass is 9.91. The maximum Gasteiger partial charge on any atom is 0.125 e. The Morgan fingerprint density at radius 3 is 2.47 bits per heavy atom. The highest BCUT2D eigenvalue weighted by Gasteiger charge is 2.14. The minimum atomic E-state index is 0.498. The van der Waals surface area contributed by atoms with Gasteiger partial charge in [0.05, 0.1) is 7.11 Å². The normalized spacial score (nSPS) is 10.9. The summed E-state index contributed by atoms with van der Waals surface area (Å²) in [5, 5.41) is 0. The van der Waals surface area contributed by atoms with E-state index in [4.69, 9.17) is 10.5 Å². The third-order valence-electron chi connectivity index (χ3n) is 3.16. The van der Waals surface area contributed by atoms with Crippen molar-refractivity contribution in [1.82, 2.24) is 0 Å². The molecule has 0 amide bonds. The van der Waals surface area contributed by atoms with Crippen LogP contribution in [0.2, 0.25) is 0 Å². The maximum absolute atomic E-state index is 5.56. The van der Waals surface area contributed by atoms with Gasteiger partial charge in [-0.2, -0.15) is 0 Å². The molecule has 0 radical (unpaired) electrons. The molecule has 0 spiro atoms. The van der Waals surface area contributed by atoms with Crippen LogP contribution in [0.15, 0.2) is 12.1 Å². The van der Waals surface area contributed by atoms with Gasteiger partial charge < -0.3 is 10.5 Å². The number of methoxy groups -OCH3 is 1. The topological polar surface area (TPSA) is 35.2 Å². The van der Waals surface area contributed by atoms with Crippen molar-refractivity contribution in [3.05, 3.63) is 28.8 Å². The Hall–Kier alpha value is -1.02. The van der Waals surface area contributed by atoms with E-state index in [1.807, 2.05) is 0 Å². The molecule has 0 aliphatic rings. The number of unbranched alkanes of at least 4 members (excludes halogenated alkanes) is 1. The summed E-state index contributed by atoms with van der Waals surface area (Å²) in [5.74, 6) is 1.56. The van der Waals surface area contributed by atoms with Gasteiger partial charge in [0.1, 0.15) is 5.75 Å². The fraction of sp³-hybridized carbons (Fsp3) is 0.600. The zero-order valence-electron chi connectivity index (χ0n) is 11.5. The summed E-state index contributed by atoms with van der Waals surface area (Å²) in [5.41, 5.74) is 9.55. The van der Waals surface area contributed by atoms with Gasteiger partial charge in [-0.1, -0.05) is 26.0 Å². The average Bonchev–Trinajstić information content (AvgIpc) is 2.30. The summed E-state index contributed by atoms with van der Waals surface area (Å²) in [6.07, 6.45) is 3.34. The van der Waals surface area contributed by atoms with Crippen LogP contribution in [0.1, 0.15) is 49.3 Å². The van der Waals surface area contributed by atoms with Gasteiger partial charge in [0.25, 0.3) is 0 Å². The molecule has 2 N–H and O–H groups in total. The van der Waals surface area contributed by atoms with Crippen molar-refractivity contribution in [2.75, 3.05) is 13.7 Å². The van der Waals surface area contributed by atoms with Crippen molar-refractivity contribution in [3.8, 4) is 5.75 Å². The molecule has 0 saturated heterocycles. The fourth-order valence-electron chi connectivity index (χ4n) is 2.33. The van der Waals surface area contributed by atoms with Crippen LogP contribution in [-0.2, 0) is 6.42 Å². The molecule has 0 heterocycles. The standard InChI is InChI=1S/C15H25NO/c1-11(2)14-13(7-5-6-10-16)9-8-12(3)15(14)17-4/h8-9,11H,5-7,10,16H2,1-4H3. The van der Waals surface area contributed by atoms with E-state index in [2.05, 4.69) is 32.9 Å². The van der Waals surface area contributed by atoms with E-state index >= 15 is 0 Å². The Labute approximate surface area is 105 Å². The number of hydrogen-bond acceptors (Lipinski definition) is 2. The molecule has 0 saturated carbocycles. The van der Waals surface area contributed by atoms with Crippen molar-refractivity contribution in [2.45, 2.75) is 46.0 Å². The van der Waals surface area contributed by atoms with Crippen LogP contribution < -0.4 is 10.5 Å². The first-order valence-electron chi connectivity index (χ1n) is 6.48. The summed E-state index contributed by atoms with van der Waals surface area (Å²) in [6, 6.07) is 4.40. The lowest BCUT2D eigenvalue weighted by Gasteiger charge is -2.19. The van der Waals surface area contributed by atoms with Gasteiger partial charge >= 0.3 is 0 Å². The second-order valence-corrected chi connectivity index (χ2v) is 4.89. The number of hydrogen-bond donors (Lipinski definition) is 1. The quantitative estimate of drug-likeness (QED) is 0.767. The van der Waals surface area contributed by atoms with Crippen LogP contribution in [-0.4, -0.2) is 13.7 Å². The molecule has 0 aromatic heterocycles. The van der Waals surface area contributed by atoms with Crippen molar-refractivity contribution in [1.29, 1.82) is 0 Å². The number of rotatable bonds is 6. The van der Waals surface area contributed by atoms with Crippen LogP contribution in [0, 0.1) is 6.92 Å². The average molecular weight is 235 g/mol. The van der Waals surface area contributed by atoms with Gasteiger partial charge in [-0.15, -0.1) is 0 Å². The Morgan fingerprint density at radius 1 is 1.24 bits per heavy atom. The van der Waals surface area contributed by atoms with E-state index < -0.39 is 0 Å². The van der Waals surface area contributed by atoms with Crippen molar-refractivity contribution in [2.24, 2.45) is 5.73 Å². The molecule has 1 rings (SSSR count). The fourth-order valence-corrected chi connectivity index (χ4v) is 2.33. The number of ether oxygens (including phenoxy) is 1. The molecule has 0 aliphatic carbocycles. The molecule has 0 atom stereocenters. The molecule has 0 aliphatic heterocycles. The lowest BCUT2D eigenvalue weighted by Crippen LogP contribution is -2.04. The summed E-state index contributed by atoms with van der Waals surface area (Å²) in [7, 11) is 1.76. The molecule has 2 heteroatoms. The van der Waals surface area contributed by atoms with E-state index in [0.29, 0.717) is 5.92 Å². The van der Waals surface area contributed by atoms with Gasteiger partial charge in [0.2, 0.25) is 0 Å². The van der Waals surface area contributed by atoms with Crippen LogP contribution in [0.25, 0.3) is 0 Å². The van der Waals surface area contributed by atoms with Gasteiger partial charge in [0.15, 0.2) is 0 Å². The predicted octanol–water partition coefficient (Wildman–Crippen LogP) is 3.41. The summed E-state index contributed by atoms with van der Waals surface area (Å²) >= 11 is 0. The van der Waals surface area contributed by atoms with Crippen LogP contribution in [0.3, 0.4) is 0 Å². The Bertz CT molecular complexity index is 358. The monoisotopic (exact) mass is 235 g/mol. The number of aryl methyl sites for hydroxylation is 2. The molecule has 1 aromatic rings. The highest BCUT2D eigenvalue weighted by molar-refractivity contribution is 5.47. The van der Waals surface area contributed by atoms with E-state index in [-0.39, 0.29) is 0 Å². The minimum absolute atomic E-state index is 0.498. The SMILES string of the molecule is COc1c(C)ccc(CCCCN)c1C(C)C. The van der Waals surface area contributed by atoms with Crippen LogP contribution in [0.5, 0.6) is 5.75 Å². The Kier molecular flexibility index (Phi) is 5.49. The second kappa shape index (κ2) is 6.65. The van der Waals surface area contributed by atoms with Crippen LogP contribution >= 0.6 is 0 Å². The summed E-state index contributed by atoms with van der Waals surface area (Å²) in [6.45, 7) is 7.34. The van der Waals surface area contributed by atoms with E-state index in [0.717, 1.165) is 31.6 Å². The second-order valence-electron chi connectivity index (χ2n) is 4.89. The number of benzene rings is 1. The van der Waals surface area contributed by atoms with E-state index in [1.165, 1.54) is 16.7 Å². The summed E-state index contributed by atoms with van der Waals surface area (Å²) < 4.78 is 5.56. The predicted molar refractivity (Wildman–Crippen MR) is 73.8 cm³/mol.